The fourth-order valence-corrected chi connectivity index (χ4v) is 1.35. The number of thioether (sulfide) groups is 1. The van der Waals surface area contributed by atoms with Gasteiger partial charge in [0.2, 0.25) is 5.95 Å². The van der Waals surface area contributed by atoms with Crippen LogP contribution in [0.4, 0.5) is 11.8 Å². The van der Waals surface area contributed by atoms with E-state index in [1.165, 1.54) is 0 Å². The smallest absolute Gasteiger partial charge is 0.221 e. The summed E-state index contributed by atoms with van der Waals surface area (Å²) in [6, 6.07) is 1.82. The molecule has 0 aliphatic carbocycles. The third-order valence-electron chi connectivity index (χ3n) is 1.93. The quantitative estimate of drug-likeness (QED) is 0.776. The number of aromatic nitrogens is 2. The number of nitrogens with one attached hydrogen (secondary N) is 1. The number of nitrogen functional groups attached to an aromatic ring is 1. The van der Waals surface area contributed by atoms with Gasteiger partial charge in [-0.05, 0) is 18.7 Å². The Labute approximate surface area is 88.7 Å². The summed E-state index contributed by atoms with van der Waals surface area (Å²) in [5.41, 5.74) is 5.45. The molecule has 0 radical (unpaired) electrons. The molecule has 1 heterocycles. The van der Waals surface area contributed by atoms with E-state index >= 15 is 0 Å². The van der Waals surface area contributed by atoms with E-state index in [4.69, 9.17) is 5.73 Å². The maximum absolute atomic E-state index is 5.45. The van der Waals surface area contributed by atoms with E-state index in [2.05, 4.69) is 28.5 Å². The van der Waals surface area contributed by atoms with E-state index in [1.54, 1.807) is 6.20 Å². The van der Waals surface area contributed by atoms with Crippen LogP contribution in [0.3, 0.4) is 0 Å². The molecule has 0 aliphatic rings. The minimum Gasteiger partial charge on any atom is -0.370 e. The van der Waals surface area contributed by atoms with E-state index < -0.39 is 0 Å². The van der Waals surface area contributed by atoms with Crippen LogP contribution in [0.15, 0.2) is 12.3 Å². The lowest BCUT2D eigenvalue weighted by molar-refractivity contribution is 0.849. The Balaban J connectivity index is 2.31. The predicted octanol–water partition coefficient (Wildman–Crippen LogP) is 1.61. The van der Waals surface area contributed by atoms with Crippen molar-refractivity contribution < 1.29 is 0 Å². The normalized spacial score (nSPS) is 12.4. The van der Waals surface area contributed by atoms with Crippen LogP contribution >= 0.6 is 11.8 Å². The standard InChI is InChI=1S/C9H16N4S/c1-7(14-2)3-5-11-8-4-6-12-9(10)13-8/h4,6-7H,3,5H2,1-2H3,(H3,10,11,12,13). The molecule has 0 aliphatic heterocycles. The summed E-state index contributed by atoms with van der Waals surface area (Å²) in [5, 5.41) is 3.87. The lowest BCUT2D eigenvalue weighted by Gasteiger charge is -2.09. The molecule has 3 N–H and O–H groups in total. The van der Waals surface area contributed by atoms with Crippen molar-refractivity contribution in [3.63, 3.8) is 0 Å². The Hall–Kier alpha value is -0.970. The average Bonchev–Trinajstić information content (AvgIpc) is 2.17. The molecule has 0 aromatic carbocycles. The number of hydrogen-bond acceptors (Lipinski definition) is 5. The lowest BCUT2D eigenvalue weighted by Crippen LogP contribution is -2.09. The molecule has 5 heteroatoms. The van der Waals surface area contributed by atoms with Crippen molar-refractivity contribution in [1.29, 1.82) is 0 Å². The first kappa shape index (κ1) is 11.1. The van der Waals surface area contributed by atoms with Crippen LogP contribution in [0.5, 0.6) is 0 Å². The second kappa shape index (κ2) is 5.70. The van der Waals surface area contributed by atoms with Gasteiger partial charge < -0.3 is 11.1 Å². The fraction of sp³-hybridized carbons (Fsp3) is 0.556. The largest absolute Gasteiger partial charge is 0.370 e. The monoisotopic (exact) mass is 212 g/mol. The van der Waals surface area contributed by atoms with Gasteiger partial charge in [-0.1, -0.05) is 6.92 Å². The molecule has 4 nitrogen and oxygen atoms in total. The molecule has 1 aromatic heterocycles. The van der Waals surface area contributed by atoms with Crippen LogP contribution in [-0.2, 0) is 0 Å². The summed E-state index contributed by atoms with van der Waals surface area (Å²) in [6.45, 7) is 3.12. The molecule has 0 saturated heterocycles. The SMILES string of the molecule is CSC(C)CCNc1ccnc(N)n1. The van der Waals surface area contributed by atoms with E-state index in [1.807, 2.05) is 17.8 Å². The highest BCUT2D eigenvalue weighted by atomic mass is 32.2. The zero-order valence-corrected chi connectivity index (χ0v) is 9.34. The summed E-state index contributed by atoms with van der Waals surface area (Å²) in [6.07, 6.45) is 4.89. The number of nitrogens with two attached hydrogens (primary N) is 1. The molecule has 14 heavy (non-hydrogen) atoms. The van der Waals surface area contributed by atoms with Gasteiger partial charge in [-0.3, -0.25) is 0 Å². The van der Waals surface area contributed by atoms with Gasteiger partial charge in [-0.2, -0.15) is 16.7 Å². The molecule has 1 aromatic rings. The molecule has 1 atom stereocenters. The van der Waals surface area contributed by atoms with Crippen LogP contribution in [0.1, 0.15) is 13.3 Å². The van der Waals surface area contributed by atoms with Crippen LogP contribution in [-0.4, -0.2) is 28.0 Å². The minimum atomic E-state index is 0.313. The zero-order valence-electron chi connectivity index (χ0n) is 8.53. The van der Waals surface area contributed by atoms with Crippen molar-refractivity contribution in [3.05, 3.63) is 12.3 Å². The van der Waals surface area contributed by atoms with Crippen molar-refractivity contribution in [2.45, 2.75) is 18.6 Å². The summed E-state index contributed by atoms with van der Waals surface area (Å²) in [4.78, 5) is 7.87. The van der Waals surface area contributed by atoms with Gasteiger partial charge in [0.05, 0.1) is 0 Å². The van der Waals surface area contributed by atoms with E-state index in [0.29, 0.717) is 11.2 Å². The highest BCUT2D eigenvalue weighted by molar-refractivity contribution is 7.99. The Morgan fingerprint density at radius 2 is 2.43 bits per heavy atom. The first-order valence-corrected chi connectivity index (χ1v) is 5.86. The van der Waals surface area contributed by atoms with Crippen LogP contribution < -0.4 is 11.1 Å². The molecule has 78 valence electrons. The van der Waals surface area contributed by atoms with Crippen molar-refractivity contribution in [2.24, 2.45) is 0 Å². The Bertz CT molecular complexity index is 279. The van der Waals surface area contributed by atoms with Gasteiger partial charge in [0.15, 0.2) is 0 Å². The molecule has 0 amide bonds. The van der Waals surface area contributed by atoms with Gasteiger partial charge in [0.25, 0.3) is 0 Å². The summed E-state index contributed by atoms with van der Waals surface area (Å²) < 4.78 is 0. The van der Waals surface area contributed by atoms with Crippen molar-refractivity contribution >= 4 is 23.5 Å². The highest BCUT2D eigenvalue weighted by Crippen LogP contribution is 2.10. The van der Waals surface area contributed by atoms with Crippen molar-refractivity contribution in [3.8, 4) is 0 Å². The van der Waals surface area contributed by atoms with Gasteiger partial charge >= 0.3 is 0 Å². The van der Waals surface area contributed by atoms with E-state index in [-0.39, 0.29) is 0 Å². The highest BCUT2D eigenvalue weighted by Gasteiger charge is 1.99. The molecular weight excluding hydrogens is 196 g/mol. The van der Waals surface area contributed by atoms with Gasteiger partial charge in [-0.25, -0.2) is 4.98 Å². The second-order valence-corrected chi connectivity index (χ2v) is 4.34. The van der Waals surface area contributed by atoms with Crippen molar-refractivity contribution in [2.75, 3.05) is 23.9 Å². The Kier molecular flexibility index (Phi) is 4.52. The molecule has 0 bridgehead atoms. The van der Waals surface area contributed by atoms with Gasteiger partial charge in [0.1, 0.15) is 5.82 Å². The van der Waals surface area contributed by atoms with Crippen LogP contribution in [0, 0.1) is 0 Å². The lowest BCUT2D eigenvalue weighted by atomic mass is 10.3. The van der Waals surface area contributed by atoms with E-state index in [0.717, 1.165) is 18.8 Å². The number of anilines is 2. The molecule has 0 saturated carbocycles. The molecule has 0 fully saturated rings. The van der Waals surface area contributed by atoms with Gasteiger partial charge in [0, 0.05) is 18.0 Å². The third kappa shape index (κ3) is 3.83. The summed E-state index contributed by atoms with van der Waals surface area (Å²) in [7, 11) is 0. The summed E-state index contributed by atoms with van der Waals surface area (Å²) in [5.74, 6) is 1.11. The minimum absolute atomic E-state index is 0.313. The maximum atomic E-state index is 5.45. The van der Waals surface area contributed by atoms with Crippen molar-refractivity contribution in [1.82, 2.24) is 9.97 Å². The maximum Gasteiger partial charge on any atom is 0.221 e. The topological polar surface area (TPSA) is 63.8 Å². The van der Waals surface area contributed by atoms with Crippen LogP contribution in [0.25, 0.3) is 0 Å². The Morgan fingerprint density at radius 1 is 1.64 bits per heavy atom. The fourth-order valence-electron chi connectivity index (χ4n) is 0.994. The zero-order chi connectivity index (χ0) is 10.4. The number of rotatable bonds is 5. The molecule has 1 rings (SSSR count). The summed E-state index contributed by atoms with van der Waals surface area (Å²) >= 11 is 1.87. The second-order valence-electron chi connectivity index (χ2n) is 3.06. The number of nitrogens with zero attached hydrogens (tertiary/aromatic N) is 2. The first-order valence-electron chi connectivity index (χ1n) is 4.57. The predicted molar refractivity (Wildman–Crippen MR) is 62.5 cm³/mol. The molecule has 1 unspecified atom stereocenters. The van der Waals surface area contributed by atoms with E-state index in [9.17, 15) is 0 Å². The average molecular weight is 212 g/mol. The Morgan fingerprint density at radius 3 is 3.07 bits per heavy atom. The molecule has 0 spiro atoms. The van der Waals surface area contributed by atoms with Gasteiger partial charge in [-0.15, -0.1) is 0 Å². The first-order chi connectivity index (χ1) is 6.72. The third-order valence-corrected chi connectivity index (χ3v) is 2.97. The van der Waals surface area contributed by atoms with Crippen LogP contribution in [0.2, 0.25) is 0 Å². The number of hydrogen-bond donors (Lipinski definition) is 2. The molecular formula is C9H16N4S.